The van der Waals surface area contributed by atoms with E-state index in [0.717, 1.165) is 53.0 Å². The molecule has 5 nitrogen and oxygen atoms in total. The first-order chi connectivity index (χ1) is 14.1. The predicted molar refractivity (Wildman–Crippen MR) is 121 cm³/mol. The highest BCUT2D eigenvalue weighted by Gasteiger charge is 2.23. The number of amides is 1. The van der Waals surface area contributed by atoms with Crippen LogP contribution in [0.2, 0.25) is 0 Å². The van der Waals surface area contributed by atoms with Crippen LogP contribution in [0.1, 0.15) is 12.0 Å². The Morgan fingerprint density at radius 1 is 1.14 bits per heavy atom. The maximum Gasteiger partial charge on any atom is 0.223 e. The normalized spacial score (nSPS) is 14.4. The van der Waals surface area contributed by atoms with Crippen molar-refractivity contribution in [3.05, 3.63) is 48.0 Å². The Morgan fingerprint density at radius 2 is 1.90 bits per heavy atom. The Hall–Kier alpha value is -2.25. The number of thioether (sulfide) groups is 1. The first kappa shape index (κ1) is 20.0. The molecule has 0 unspecified atom stereocenters. The molecule has 2 heterocycles. The van der Waals surface area contributed by atoms with Crippen molar-refractivity contribution in [2.75, 3.05) is 43.9 Å². The van der Waals surface area contributed by atoms with Crippen LogP contribution in [0.5, 0.6) is 5.75 Å². The smallest absolute Gasteiger partial charge is 0.223 e. The summed E-state index contributed by atoms with van der Waals surface area (Å²) < 4.78 is 6.43. The number of anilines is 1. The Balaban J connectivity index is 1.27. The Kier molecular flexibility index (Phi) is 6.25. The zero-order valence-corrected chi connectivity index (χ0v) is 18.4. The number of benzene rings is 2. The van der Waals surface area contributed by atoms with E-state index >= 15 is 0 Å². The van der Waals surface area contributed by atoms with Crippen LogP contribution < -0.4 is 9.64 Å². The van der Waals surface area contributed by atoms with E-state index in [9.17, 15) is 4.79 Å². The van der Waals surface area contributed by atoms with Gasteiger partial charge in [0.15, 0.2) is 5.13 Å². The Morgan fingerprint density at radius 3 is 2.62 bits per heavy atom. The van der Waals surface area contributed by atoms with Crippen LogP contribution in [-0.4, -0.2) is 54.8 Å². The van der Waals surface area contributed by atoms with Crippen LogP contribution in [0.3, 0.4) is 0 Å². The summed E-state index contributed by atoms with van der Waals surface area (Å²) in [5, 5.41) is 1.02. The second-order valence-corrected chi connectivity index (χ2v) is 9.29. The van der Waals surface area contributed by atoms with E-state index in [0.29, 0.717) is 6.42 Å². The van der Waals surface area contributed by atoms with E-state index < -0.39 is 0 Å². The van der Waals surface area contributed by atoms with E-state index in [1.165, 1.54) is 10.5 Å². The van der Waals surface area contributed by atoms with Crippen molar-refractivity contribution >= 4 is 44.4 Å². The fourth-order valence-electron chi connectivity index (χ4n) is 3.35. The lowest BCUT2D eigenvalue weighted by Crippen LogP contribution is -2.48. The summed E-state index contributed by atoms with van der Waals surface area (Å²) in [6.45, 7) is 5.25. The van der Waals surface area contributed by atoms with Crippen LogP contribution in [0.4, 0.5) is 5.13 Å². The number of hydrogen-bond acceptors (Lipinski definition) is 6. The summed E-state index contributed by atoms with van der Waals surface area (Å²) in [6, 6.07) is 14.4. The van der Waals surface area contributed by atoms with Crippen molar-refractivity contribution in [3.63, 3.8) is 0 Å². The van der Waals surface area contributed by atoms with Crippen molar-refractivity contribution in [2.24, 2.45) is 0 Å². The van der Waals surface area contributed by atoms with Crippen LogP contribution in [0.15, 0.2) is 47.4 Å². The average Bonchev–Trinajstić information content (AvgIpc) is 3.18. The Labute approximate surface area is 179 Å². The highest BCUT2D eigenvalue weighted by Crippen LogP contribution is 2.32. The van der Waals surface area contributed by atoms with Gasteiger partial charge in [0.1, 0.15) is 5.75 Å². The zero-order valence-electron chi connectivity index (χ0n) is 16.8. The molecule has 0 aliphatic carbocycles. The van der Waals surface area contributed by atoms with Crippen molar-refractivity contribution in [2.45, 2.75) is 18.2 Å². The molecule has 3 aromatic rings. The standard InChI is InChI=1S/C22H25N3O2S2/c1-16-3-6-18(7-4-16)28-14-9-21(26)24-10-12-25(13-11-24)22-23-19-8-5-17(27-2)15-20(19)29-22/h3-8,15H,9-14H2,1-2H3. The van der Waals surface area contributed by atoms with E-state index in [1.807, 2.05) is 23.1 Å². The molecule has 152 valence electrons. The molecule has 7 heteroatoms. The molecule has 0 atom stereocenters. The van der Waals surface area contributed by atoms with Crippen LogP contribution in [0, 0.1) is 6.92 Å². The number of aromatic nitrogens is 1. The molecule has 2 aromatic carbocycles. The molecule has 1 saturated heterocycles. The van der Waals surface area contributed by atoms with E-state index in [-0.39, 0.29) is 5.91 Å². The second kappa shape index (κ2) is 9.05. The monoisotopic (exact) mass is 427 g/mol. The molecule has 0 N–H and O–H groups in total. The van der Waals surface area contributed by atoms with Crippen LogP contribution in [0.25, 0.3) is 10.2 Å². The number of carbonyl (C=O) groups excluding carboxylic acids is 1. The molecule has 1 aliphatic heterocycles. The maximum atomic E-state index is 12.6. The van der Waals surface area contributed by atoms with Gasteiger partial charge in [0, 0.05) is 43.2 Å². The number of thiazole rings is 1. The zero-order chi connectivity index (χ0) is 20.2. The van der Waals surface area contributed by atoms with Gasteiger partial charge in [-0.05, 0) is 37.3 Å². The Bertz CT molecular complexity index is 979. The fourth-order valence-corrected chi connectivity index (χ4v) is 5.24. The molecule has 1 aliphatic rings. The molecule has 1 amide bonds. The second-order valence-electron chi connectivity index (χ2n) is 7.11. The average molecular weight is 428 g/mol. The molecule has 0 radical (unpaired) electrons. The van der Waals surface area contributed by atoms with Gasteiger partial charge < -0.3 is 14.5 Å². The summed E-state index contributed by atoms with van der Waals surface area (Å²) in [4.78, 5) is 22.8. The van der Waals surface area contributed by atoms with Gasteiger partial charge in [-0.2, -0.15) is 0 Å². The first-order valence-corrected chi connectivity index (χ1v) is 11.6. The number of nitrogens with zero attached hydrogens (tertiary/aromatic N) is 3. The molecular formula is C22H25N3O2S2. The van der Waals surface area contributed by atoms with Crippen LogP contribution in [-0.2, 0) is 4.79 Å². The van der Waals surface area contributed by atoms with Crippen molar-refractivity contribution in [1.29, 1.82) is 0 Å². The van der Waals surface area contributed by atoms with Gasteiger partial charge in [-0.3, -0.25) is 4.79 Å². The maximum absolute atomic E-state index is 12.6. The molecule has 29 heavy (non-hydrogen) atoms. The van der Waals surface area contributed by atoms with Crippen molar-refractivity contribution in [3.8, 4) is 5.75 Å². The molecule has 0 spiro atoms. The third kappa shape index (κ3) is 4.85. The van der Waals surface area contributed by atoms with Crippen molar-refractivity contribution in [1.82, 2.24) is 9.88 Å². The minimum atomic E-state index is 0.248. The number of piperazine rings is 1. The predicted octanol–water partition coefficient (Wildman–Crippen LogP) is 4.44. The summed E-state index contributed by atoms with van der Waals surface area (Å²) in [6.07, 6.45) is 0.583. The van der Waals surface area contributed by atoms with E-state index in [2.05, 4.69) is 36.1 Å². The summed E-state index contributed by atoms with van der Waals surface area (Å²) >= 11 is 3.43. The third-order valence-electron chi connectivity index (χ3n) is 5.09. The van der Waals surface area contributed by atoms with Gasteiger partial charge in [0.25, 0.3) is 0 Å². The highest BCUT2D eigenvalue weighted by molar-refractivity contribution is 7.99. The van der Waals surface area contributed by atoms with Gasteiger partial charge in [0.2, 0.25) is 5.91 Å². The molecule has 1 aromatic heterocycles. The number of ether oxygens (including phenoxy) is 1. The molecule has 4 rings (SSSR count). The van der Waals surface area contributed by atoms with Crippen molar-refractivity contribution < 1.29 is 9.53 Å². The van der Waals surface area contributed by atoms with Gasteiger partial charge in [-0.15, -0.1) is 11.8 Å². The molecular weight excluding hydrogens is 402 g/mol. The number of aryl methyl sites for hydroxylation is 1. The van der Waals surface area contributed by atoms with E-state index in [4.69, 9.17) is 9.72 Å². The lowest BCUT2D eigenvalue weighted by molar-refractivity contribution is -0.131. The highest BCUT2D eigenvalue weighted by atomic mass is 32.2. The number of methoxy groups -OCH3 is 1. The quantitative estimate of drug-likeness (QED) is 0.544. The minimum absolute atomic E-state index is 0.248. The van der Waals surface area contributed by atoms with E-state index in [1.54, 1.807) is 30.2 Å². The molecule has 0 saturated carbocycles. The summed E-state index contributed by atoms with van der Waals surface area (Å²) in [5.41, 5.74) is 2.26. The van der Waals surface area contributed by atoms with Gasteiger partial charge >= 0.3 is 0 Å². The molecule has 1 fully saturated rings. The minimum Gasteiger partial charge on any atom is -0.497 e. The largest absolute Gasteiger partial charge is 0.497 e. The molecule has 0 bridgehead atoms. The van der Waals surface area contributed by atoms with Crippen LogP contribution >= 0.6 is 23.1 Å². The first-order valence-electron chi connectivity index (χ1n) is 9.79. The topological polar surface area (TPSA) is 45.7 Å². The van der Waals surface area contributed by atoms with Gasteiger partial charge in [-0.25, -0.2) is 4.98 Å². The third-order valence-corrected chi connectivity index (χ3v) is 7.19. The SMILES string of the molecule is COc1ccc2nc(N3CCN(C(=O)CCSc4ccc(C)cc4)CC3)sc2c1. The lowest BCUT2D eigenvalue weighted by Gasteiger charge is -2.34. The van der Waals surface area contributed by atoms with Gasteiger partial charge in [-0.1, -0.05) is 29.0 Å². The summed E-state index contributed by atoms with van der Waals surface area (Å²) in [5.74, 6) is 1.92. The van der Waals surface area contributed by atoms with Gasteiger partial charge in [0.05, 0.1) is 17.3 Å². The number of hydrogen-bond donors (Lipinski definition) is 0. The lowest BCUT2D eigenvalue weighted by atomic mass is 10.2. The number of carbonyl (C=O) groups is 1. The fraction of sp³-hybridized carbons (Fsp3) is 0.364. The number of rotatable bonds is 6. The summed E-state index contributed by atoms with van der Waals surface area (Å²) in [7, 11) is 1.68. The number of fused-ring (bicyclic) bond motifs is 1.